The lowest BCUT2D eigenvalue weighted by Crippen LogP contribution is -2.14. The van der Waals surface area contributed by atoms with Crippen LogP contribution in [0.25, 0.3) is 0 Å². The molecule has 23 heavy (non-hydrogen) atoms. The standard InChI is InChI=1S/C16H16ClNO4S/c1-11(2)22-16(19)12-7-9-13(10-8-12)18-23(20,21)15-6-4-3-5-14(15)17/h3-11,18H,1-2H3. The van der Waals surface area contributed by atoms with Crippen molar-refractivity contribution in [3.8, 4) is 0 Å². The van der Waals surface area contributed by atoms with Gasteiger partial charge in [-0.1, -0.05) is 23.7 Å². The Bertz CT molecular complexity index is 801. The number of nitrogens with one attached hydrogen (secondary N) is 1. The lowest BCUT2D eigenvalue weighted by atomic mass is 10.2. The molecule has 0 amide bonds. The molecule has 2 aromatic carbocycles. The van der Waals surface area contributed by atoms with Crippen LogP contribution in [0.3, 0.4) is 0 Å². The molecule has 0 atom stereocenters. The van der Waals surface area contributed by atoms with Gasteiger partial charge in [-0.05, 0) is 50.2 Å². The highest BCUT2D eigenvalue weighted by molar-refractivity contribution is 7.92. The van der Waals surface area contributed by atoms with Gasteiger partial charge in [0.25, 0.3) is 10.0 Å². The average Bonchev–Trinajstić information content (AvgIpc) is 2.47. The second-order valence-electron chi connectivity index (χ2n) is 5.07. The third-order valence-electron chi connectivity index (χ3n) is 2.84. The molecule has 122 valence electrons. The van der Waals surface area contributed by atoms with Crippen molar-refractivity contribution in [2.45, 2.75) is 24.8 Å². The van der Waals surface area contributed by atoms with E-state index < -0.39 is 16.0 Å². The minimum absolute atomic E-state index is 0.00930. The van der Waals surface area contributed by atoms with E-state index in [2.05, 4.69) is 4.72 Å². The van der Waals surface area contributed by atoms with Crippen molar-refractivity contribution >= 4 is 33.3 Å². The number of carbonyl (C=O) groups excluding carboxylic acids is 1. The summed E-state index contributed by atoms with van der Waals surface area (Å²) in [7, 11) is -3.79. The van der Waals surface area contributed by atoms with E-state index in [9.17, 15) is 13.2 Å². The minimum Gasteiger partial charge on any atom is -0.459 e. The molecule has 2 aromatic rings. The summed E-state index contributed by atoms with van der Waals surface area (Å²) in [6.07, 6.45) is -0.221. The van der Waals surface area contributed by atoms with E-state index in [1.165, 1.54) is 36.4 Å². The van der Waals surface area contributed by atoms with E-state index in [1.807, 2.05) is 0 Å². The fourth-order valence-electron chi connectivity index (χ4n) is 1.83. The van der Waals surface area contributed by atoms with Gasteiger partial charge in [-0.2, -0.15) is 0 Å². The van der Waals surface area contributed by atoms with Crippen LogP contribution >= 0.6 is 11.6 Å². The minimum atomic E-state index is -3.79. The van der Waals surface area contributed by atoms with Crippen molar-refractivity contribution in [2.24, 2.45) is 0 Å². The van der Waals surface area contributed by atoms with Crippen LogP contribution in [-0.4, -0.2) is 20.5 Å². The monoisotopic (exact) mass is 353 g/mol. The van der Waals surface area contributed by atoms with Gasteiger partial charge in [0.2, 0.25) is 0 Å². The Kier molecular flexibility index (Phi) is 5.28. The summed E-state index contributed by atoms with van der Waals surface area (Å²) in [4.78, 5) is 11.7. The number of carbonyl (C=O) groups is 1. The molecule has 2 rings (SSSR count). The highest BCUT2D eigenvalue weighted by Gasteiger charge is 2.17. The van der Waals surface area contributed by atoms with Gasteiger partial charge in [-0.3, -0.25) is 4.72 Å². The number of ether oxygens (including phenoxy) is 1. The molecule has 0 aliphatic heterocycles. The molecule has 0 aliphatic carbocycles. The van der Waals surface area contributed by atoms with Gasteiger partial charge in [0, 0.05) is 5.69 Å². The number of hydrogen-bond acceptors (Lipinski definition) is 4. The summed E-state index contributed by atoms with van der Waals surface area (Å²) in [5.41, 5.74) is 0.672. The molecule has 7 heteroatoms. The summed E-state index contributed by atoms with van der Waals surface area (Å²) < 4.78 is 32.1. The zero-order chi connectivity index (χ0) is 17.0. The normalized spacial score (nSPS) is 11.3. The maximum atomic E-state index is 12.3. The predicted octanol–water partition coefficient (Wildman–Crippen LogP) is 3.71. The highest BCUT2D eigenvalue weighted by Crippen LogP contribution is 2.23. The van der Waals surface area contributed by atoms with Crippen LogP contribution in [-0.2, 0) is 14.8 Å². The van der Waals surface area contributed by atoms with Crippen LogP contribution in [0.15, 0.2) is 53.4 Å². The van der Waals surface area contributed by atoms with E-state index in [0.29, 0.717) is 11.3 Å². The van der Waals surface area contributed by atoms with Crippen molar-refractivity contribution in [3.05, 3.63) is 59.1 Å². The zero-order valence-electron chi connectivity index (χ0n) is 12.6. The van der Waals surface area contributed by atoms with Gasteiger partial charge in [0.1, 0.15) is 4.90 Å². The van der Waals surface area contributed by atoms with Gasteiger partial charge >= 0.3 is 5.97 Å². The molecular weight excluding hydrogens is 338 g/mol. The van der Waals surface area contributed by atoms with E-state index >= 15 is 0 Å². The largest absolute Gasteiger partial charge is 0.459 e. The Morgan fingerprint density at radius 3 is 2.26 bits per heavy atom. The molecule has 0 unspecified atom stereocenters. The summed E-state index contributed by atoms with van der Waals surface area (Å²) in [5, 5.41) is 0.136. The lowest BCUT2D eigenvalue weighted by molar-refractivity contribution is 0.0378. The van der Waals surface area contributed by atoms with Crippen LogP contribution in [0.5, 0.6) is 0 Å². The van der Waals surface area contributed by atoms with E-state index in [4.69, 9.17) is 16.3 Å². The molecule has 0 radical (unpaired) electrons. The van der Waals surface area contributed by atoms with Crippen LogP contribution in [0.4, 0.5) is 5.69 Å². The summed E-state index contributed by atoms with van der Waals surface area (Å²) >= 11 is 5.91. The fourth-order valence-corrected chi connectivity index (χ4v) is 3.41. The number of benzene rings is 2. The van der Waals surface area contributed by atoms with Gasteiger partial charge in [-0.25, -0.2) is 13.2 Å². The quantitative estimate of drug-likeness (QED) is 0.832. The maximum Gasteiger partial charge on any atom is 0.338 e. The Morgan fingerprint density at radius 1 is 1.09 bits per heavy atom. The van der Waals surface area contributed by atoms with E-state index in [0.717, 1.165) is 0 Å². The Hall–Kier alpha value is -2.05. The van der Waals surface area contributed by atoms with Crippen molar-refractivity contribution in [2.75, 3.05) is 4.72 Å². The molecule has 5 nitrogen and oxygen atoms in total. The summed E-state index contributed by atoms with van der Waals surface area (Å²) in [6, 6.07) is 12.1. The molecule has 0 aliphatic rings. The molecule has 0 aromatic heterocycles. The molecule has 0 saturated heterocycles. The third kappa shape index (κ3) is 4.46. The zero-order valence-corrected chi connectivity index (χ0v) is 14.2. The van der Waals surface area contributed by atoms with Crippen molar-refractivity contribution in [3.63, 3.8) is 0 Å². The van der Waals surface area contributed by atoms with Crippen molar-refractivity contribution in [1.29, 1.82) is 0 Å². The second-order valence-corrected chi connectivity index (χ2v) is 7.13. The average molecular weight is 354 g/mol. The van der Waals surface area contributed by atoms with Gasteiger partial charge in [0.15, 0.2) is 0 Å². The number of sulfonamides is 1. The second kappa shape index (κ2) is 7.02. The van der Waals surface area contributed by atoms with Gasteiger partial charge in [-0.15, -0.1) is 0 Å². The Balaban J connectivity index is 2.18. The van der Waals surface area contributed by atoms with Crippen LogP contribution in [0.1, 0.15) is 24.2 Å². The predicted molar refractivity (Wildman–Crippen MR) is 89.3 cm³/mol. The number of hydrogen-bond donors (Lipinski definition) is 1. The maximum absolute atomic E-state index is 12.3. The number of rotatable bonds is 5. The Morgan fingerprint density at radius 2 is 1.70 bits per heavy atom. The number of halogens is 1. The van der Waals surface area contributed by atoms with Gasteiger partial charge < -0.3 is 4.74 Å². The smallest absolute Gasteiger partial charge is 0.338 e. The SMILES string of the molecule is CC(C)OC(=O)c1ccc(NS(=O)(=O)c2ccccc2Cl)cc1. The molecule has 0 spiro atoms. The number of esters is 1. The first-order valence-corrected chi connectivity index (χ1v) is 8.74. The molecule has 0 heterocycles. The highest BCUT2D eigenvalue weighted by atomic mass is 35.5. The van der Waals surface area contributed by atoms with Crippen LogP contribution in [0.2, 0.25) is 5.02 Å². The number of anilines is 1. The first-order valence-electron chi connectivity index (χ1n) is 6.88. The molecule has 0 bridgehead atoms. The first kappa shape index (κ1) is 17.3. The van der Waals surface area contributed by atoms with Crippen molar-refractivity contribution < 1.29 is 17.9 Å². The van der Waals surface area contributed by atoms with Crippen molar-refractivity contribution in [1.82, 2.24) is 0 Å². The Labute approximate surface area is 140 Å². The molecule has 1 N–H and O–H groups in total. The topological polar surface area (TPSA) is 72.5 Å². The summed E-state index contributed by atoms with van der Waals surface area (Å²) in [5.74, 6) is -0.458. The van der Waals surface area contributed by atoms with E-state index in [1.54, 1.807) is 26.0 Å². The third-order valence-corrected chi connectivity index (χ3v) is 4.72. The summed E-state index contributed by atoms with van der Waals surface area (Å²) in [6.45, 7) is 3.51. The van der Waals surface area contributed by atoms with Crippen LogP contribution in [0, 0.1) is 0 Å². The van der Waals surface area contributed by atoms with E-state index in [-0.39, 0.29) is 16.0 Å². The molecule has 0 saturated carbocycles. The van der Waals surface area contributed by atoms with Gasteiger partial charge in [0.05, 0.1) is 16.7 Å². The lowest BCUT2D eigenvalue weighted by Gasteiger charge is -2.11. The molecular formula is C16H16ClNO4S. The molecule has 0 fully saturated rings. The fraction of sp³-hybridized carbons (Fsp3) is 0.188. The first-order chi connectivity index (χ1) is 10.8. The van der Waals surface area contributed by atoms with Crippen LogP contribution < -0.4 is 4.72 Å².